The van der Waals surface area contributed by atoms with E-state index in [0.29, 0.717) is 5.00 Å². The standard InChI is InChI=1S/C9H10Cl2N2O3S/c1-9(2,8(15)16-3)7(14)12-6-4(10)5(11)13-17-6/h1-3H3,(H,12,14). The van der Waals surface area contributed by atoms with Gasteiger partial charge in [0.1, 0.15) is 15.4 Å². The van der Waals surface area contributed by atoms with Crippen molar-refractivity contribution in [2.24, 2.45) is 5.41 Å². The van der Waals surface area contributed by atoms with Crippen molar-refractivity contribution >= 4 is 51.6 Å². The Morgan fingerprint density at radius 3 is 2.41 bits per heavy atom. The molecule has 0 aliphatic rings. The van der Waals surface area contributed by atoms with E-state index in [4.69, 9.17) is 23.2 Å². The molecule has 0 spiro atoms. The van der Waals surface area contributed by atoms with Crippen LogP contribution in [-0.2, 0) is 14.3 Å². The number of nitrogens with one attached hydrogen (secondary N) is 1. The number of methoxy groups -OCH3 is 1. The average Bonchev–Trinajstić information content (AvgIpc) is 2.59. The van der Waals surface area contributed by atoms with Crippen molar-refractivity contribution in [1.29, 1.82) is 0 Å². The van der Waals surface area contributed by atoms with E-state index in [0.717, 1.165) is 11.5 Å². The van der Waals surface area contributed by atoms with Crippen molar-refractivity contribution in [3.8, 4) is 0 Å². The molecule has 0 aliphatic heterocycles. The molecule has 1 aromatic heterocycles. The first-order chi connectivity index (χ1) is 7.80. The van der Waals surface area contributed by atoms with E-state index in [1.54, 1.807) is 0 Å². The van der Waals surface area contributed by atoms with Crippen molar-refractivity contribution in [3.05, 3.63) is 10.2 Å². The van der Waals surface area contributed by atoms with Gasteiger partial charge < -0.3 is 10.1 Å². The lowest BCUT2D eigenvalue weighted by molar-refractivity contribution is -0.154. The molecule has 8 heteroatoms. The third-order valence-corrected chi connectivity index (χ3v) is 3.80. The van der Waals surface area contributed by atoms with Crippen LogP contribution in [-0.4, -0.2) is 23.4 Å². The Labute approximate surface area is 112 Å². The van der Waals surface area contributed by atoms with E-state index in [2.05, 4.69) is 14.4 Å². The van der Waals surface area contributed by atoms with Gasteiger partial charge in [0, 0.05) is 0 Å². The smallest absolute Gasteiger partial charge is 0.320 e. The van der Waals surface area contributed by atoms with Gasteiger partial charge in [-0.3, -0.25) is 9.59 Å². The number of carbonyl (C=O) groups excluding carboxylic acids is 2. The molecule has 1 amide bonds. The normalized spacial score (nSPS) is 11.1. The van der Waals surface area contributed by atoms with Gasteiger partial charge in [-0.1, -0.05) is 23.2 Å². The summed E-state index contributed by atoms with van der Waals surface area (Å²) in [5, 5.41) is 3.06. The highest BCUT2D eigenvalue weighted by atomic mass is 35.5. The van der Waals surface area contributed by atoms with Gasteiger partial charge in [-0.25, -0.2) is 0 Å². The Balaban J connectivity index is 2.86. The number of ether oxygens (including phenoxy) is 1. The summed E-state index contributed by atoms with van der Waals surface area (Å²) in [6, 6.07) is 0. The minimum Gasteiger partial charge on any atom is -0.468 e. The molecule has 1 rings (SSSR count). The quantitative estimate of drug-likeness (QED) is 0.688. The lowest BCUT2D eigenvalue weighted by atomic mass is 9.92. The molecule has 17 heavy (non-hydrogen) atoms. The number of amides is 1. The molecule has 1 aromatic rings. The molecule has 0 aromatic carbocycles. The number of aromatic nitrogens is 1. The number of hydrogen-bond donors (Lipinski definition) is 1. The lowest BCUT2D eigenvalue weighted by Gasteiger charge is -2.19. The van der Waals surface area contributed by atoms with Crippen LogP contribution in [0.15, 0.2) is 0 Å². The van der Waals surface area contributed by atoms with Gasteiger partial charge in [0.05, 0.1) is 7.11 Å². The minimum atomic E-state index is -1.31. The Morgan fingerprint density at radius 2 is 2.00 bits per heavy atom. The van der Waals surface area contributed by atoms with E-state index in [1.807, 2.05) is 0 Å². The lowest BCUT2D eigenvalue weighted by Crippen LogP contribution is -2.38. The summed E-state index contributed by atoms with van der Waals surface area (Å²) in [5.41, 5.74) is -1.31. The average molecular weight is 297 g/mol. The van der Waals surface area contributed by atoms with Crippen LogP contribution < -0.4 is 5.32 Å². The molecule has 0 aliphatic carbocycles. The topological polar surface area (TPSA) is 68.3 Å². The van der Waals surface area contributed by atoms with E-state index < -0.39 is 17.3 Å². The number of halogens is 2. The number of rotatable bonds is 3. The summed E-state index contributed by atoms with van der Waals surface area (Å²) in [6.45, 7) is 2.90. The maximum atomic E-state index is 11.9. The third kappa shape index (κ3) is 2.88. The Bertz CT molecular complexity index is 459. The number of hydrogen-bond acceptors (Lipinski definition) is 5. The van der Waals surface area contributed by atoms with Gasteiger partial charge in [-0.15, -0.1) is 0 Å². The summed E-state index contributed by atoms with van der Waals surface area (Å²) in [5.74, 6) is -1.17. The van der Waals surface area contributed by atoms with Gasteiger partial charge in [-0.2, -0.15) is 4.37 Å². The molecule has 0 atom stereocenters. The second kappa shape index (κ2) is 5.20. The van der Waals surface area contributed by atoms with Gasteiger partial charge >= 0.3 is 5.97 Å². The molecule has 0 fully saturated rings. The third-order valence-electron chi connectivity index (χ3n) is 2.09. The minimum absolute atomic E-state index is 0.114. The molecular formula is C9H10Cl2N2O3S. The zero-order valence-corrected chi connectivity index (χ0v) is 11.7. The van der Waals surface area contributed by atoms with Gasteiger partial charge in [0.25, 0.3) is 0 Å². The van der Waals surface area contributed by atoms with Crippen LogP contribution in [0.5, 0.6) is 0 Å². The van der Waals surface area contributed by atoms with Crippen LogP contribution in [0.2, 0.25) is 10.2 Å². The monoisotopic (exact) mass is 296 g/mol. The first-order valence-corrected chi connectivity index (χ1v) is 6.04. The van der Waals surface area contributed by atoms with Gasteiger partial charge in [-0.05, 0) is 25.4 Å². The molecule has 0 saturated heterocycles. The fraction of sp³-hybridized carbons (Fsp3) is 0.444. The molecule has 0 radical (unpaired) electrons. The first kappa shape index (κ1) is 14.2. The van der Waals surface area contributed by atoms with E-state index in [-0.39, 0.29) is 10.2 Å². The van der Waals surface area contributed by atoms with Crippen molar-refractivity contribution in [2.45, 2.75) is 13.8 Å². The zero-order chi connectivity index (χ0) is 13.2. The fourth-order valence-electron chi connectivity index (χ4n) is 0.944. The van der Waals surface area contributed by atoms with Crippen LogP contribution in [0, 0.1) is 5.41 Å². The predicted molar refractivity (Wildman–Crippen MR) is 66.6 cm³/mol. The Hall–Kier alpha value is -0.850. The van der Waals surface area contributed by atoms with Crippen LogP contribution in [0.1, 0.15) is 13.8 Å². The molecule has 1 N–H and O–H groups in total. The highest BCUT2D eigenvalue weighted by Crippen LogP contribution is 2.34. The van der Waals surface area contributed by atoms with Crippen LogP contribution in [0.3, 0.4) is 0 Å². The second-order valence-electron chi connectivity index (χ2n) is 3.69. The van der Waals surface area contributed by atoms with E-state index in [1.165, 1.54) is 21.0 Å². The summed E-state index contributed by atoms with van der Waals surface area (Å²) >= 11 is 12.4. The number of nitrogens with zero attached hydrogens (tertiary/aromatic N) is 1. The van der Waals surface area contributed by atoms with E-state index >= 15 is 0 Å². The second-order valence-corrected chi connectivity index (χ2v) is 5.20. The highest BCUT2D eigenvalue weighted by Gasteiger charge is 2.37. The molecule has 0 bridgehead atoms. The largest absolute Gasteiger partial charge is 0.468 e. The number of anilines is 1. The predicted octanol–water partition coefficient (Wildman–Crippen LogP) is 2.59. The van der Waals surface area contributed by atoms with Crippen molar-refractivity contribution in [3.63, 3.8) is 0 Å². The van der Waals surface area contributed by atoms with Crippen molar-refractivity contribution in [2.75, 3.05) is 12.4 Å². The maximum Gasteiger partial charge on any atom is 0.320 e. The summed E-state index contributed by atoms with van der Waals surface area (Å²) in [7, 11) is 1.22. The number of carbonyl (C=O) groups is 2. The number of esters is 1. The van der Waals surface area contributed by atoms with Crippen molar-refractivity contribution in [1.82, 2.24) is 4.37 Å². The molecule has 0 saturated carbocycles. The summed E-state index contributed by atoms with van der Waals surface area (Å²) in [6.07, 6.45) is 0. The summed E-state index contributed by atoms with van der Waals surface area (Å²) < 4.78 is 8.30. The van der Waals surface area contributed by atoms with Crippen molar-refractivity contribution < 1.29 is 14.3 Å². The van der Waals surface area contributed by atoms with Crippen LogP contribution in [0.4, 0.5) is 5.00 Å². The maximum absolute atomic E-state index is 11.9. The highest BCUT2D eigenvalue weighted by molar-refractivity contribution is 7.11. The first-order valence-electron chi connectivity index (χ1n) is 4.51. The van der Waals surface area contributed by atoms with Crippen LogP contribution in [0.25, 0.3) is 0 Å². The van der Waals surface area contributed by atoms with Gasteiger partial charge in [0.2, 0.25) is 5.91 Å². The zero-order valence-electron chi connectivity index (χ0n) is 9.34. The SMILES string of the molecule is COC(=O)C(C)(C)C(=O)Nc1snc(Cl)c1Cl. The fourth-order valence-corrected chi connectivity index (χ4v) is 2.02. The molecule has 0 unspecified atom stereocenters. The molecule has 1 heterocycles. The molecule has 94 valence electrons. The Kier molecular flexibility index (Phi) is 4.35. The molecular weight excluding hydrogens is 287 g/mol. The molecule has 5 nitrogen and oxygen atoms in total. The van der Waals surface area contributed by atoms with Crippen LogP contribution >= 0.6 is 34.7 Å². The van der Waals surface area contributed by atoms with Gasteiger partial charge in [0.15, 0.2) is 5.15 Å². The summed E-state index contributed by atoms with van der Waals surface area (Å²) in [4.78, 5) is 23.3. The Morgan fingerprint density at radius 1 is 1.41 bits per heavy atom. The van der Waals surface area contributed by atoms with E-state index in [9.17, 15) is 9.59 Å².